The van der Waals surface area contributed by atoms with Crippen molar-refractivity contribution in [3.63, 3.8) is 0 Å². The van der Waals surface area contributed by atoms with Crippen molar-refractivity contribution in [2.75, 3.05) is 7.05 Å². The van der Waals surface area contributed by atoms with Gasteiger partial charge in [0.1, 0.15) is 6.29 Å². The van der Waals surface area contributed by atoms with E-state index in [1.807, 2.05) is 31.3 Å². The minimum Gasteiger partial charge on any atom is -0.316 e. The second-order valence-corrected chi connectivity index (χ2v) is 2.77. The monoisotopic (exact) mass is 175 g/mol. The van der Waals surface area contributed by atoms with E-state index in [0.717, 1.165) is 18.4 Å². The normalized spacial score (nSPS) is 10.5. The van der Waals surface area contributed by atoms with Crippen LogP contribution in [0.15, 0.2) is 30.3 Å². The largest absolute Gasteiger partial charge is 0.316 e. The van der Waals surface area contributed by atoms with Gasteiger partial charge in [-0.05, 0) is 24.3 Å². The summed E-state index contributed by atoms with van der Waals surface area (Å²) >= 11 is 0. The Morgan fingerprint density at radius 3 is 2.54 bits per heavy atom. The number of benzene rings is 1. The van der Waals surface area contributed by atoms with Crippen LogP contribution < -0.4 is 5.32 Å². The van der Waals surface area contributed by atoms with E-state index in [2.05, 4.69) is 5.32 Å². The minimum absolute atomic E-state index is 0.779. The van der Waals surface area contributed by atoms with Crippen molar-refractivity contribution >= 4 is 12.4 Å². The Bertz CT molecular complexity index is 287. The molecule has 0 aliphatic carbocycles. The fourth-order valence-corrected chi connectivity index (χ4v) is 1.10. The lowest BCUT2D eigenvalue weighted by atomic mass is 10.1. The van der Waals surface area contributed by atoms with E-state index in [1.54, 1.807) is 6.08 Å². The molecule has 0 fully saturated rings. The number of carbonyl (C=O) groups is 1. The third-order valence-corrected chi connectivity index (χ3v) is 1.73. The second kappa shape index (κ2) is 5.27. The predicted molar refractivity (Wildman–Crippen MR) is 54.3 cm³/mol. The standard InChI is InChI=1S/C11H13NO/c1-12-9-11-6-4-10(5-7-11)3-2-8-13/h2-8,12H,9H2,1H3. The molecule has 2 nitrogen and oxygen atoms in total. The fraction of sp³-hybridized carbons (Fsp3) is 0.182. The van der Waals surface area contributed by atoms with Gasteiger partial charge in [0.2, 0.25) is 0 Å². The minimum atomic E-state index is 0.779. The summed E-state index contributed by atoms with van der Waals surface area (Å²) in [5, 5.41) is 3.07. The summed E-state index contributed by atoms with van der Waals surface area (Å²) in [5.74, 6) is 0. The molecule has 0 radical (unpaired) electrons. The Labute approximate surface area is 78.3 Å². The van der Waals surface area contributed by atoms with E-state index in [1.165, 1.54) is 11.6 Å². The van der Waals surface area contributed by atoms with Gasteiger partial charge >= 0.3 is 0 Å². The van der Waals surface area contributed by atoms with Gasteiger partial charge in [0.05, 0.1) is 0 Å². The summed E-state index contributed by atoms with van der Waals surface area (Å²) < 4.78 is 0. The van der Waals surface area contributed by atoms with Crippen molar-refractivity contribution in [3.8, 4) is 0 Å². The molecule has 0 atom stereocenters. The van der Waals surface area contributed by atoms with Crippen molar-refractivity contribution in [2.45, 2.75) is 6.54 Å². The average Bonchev–Trinajstić information content (AvgIpc) is 2.17. The van der Waals surface area contributed by atoms with Crippen LogP contribution in [-0.2, 0) is 11.3 Å². The SMILES string of the molecule is CNCc1ccc(C=CC=O)cc1. The molecule has 0 bridgehead atoms. The molecule has 0 amide bonds. The molecule has 13 heavy (non-hydrogen) atoms. The van der Waals surface area contributed by atoms with Crippen LogP contribution in [0.5, 0.6) is 0 Å². The Hall–Kier alpha value is -1.41. The summed E-state index contributed by atoms with van der Waals surface area (Å²) in [6.07, 6.45) is 4.06. The zero-order valence-electron chi connectivity index (χ0n) is 7.66. The Kier molecular flexibility index (Phi) is 3.93. The van der Waals surface area contributed by atoms with Crippen LogP contribution in [0.25, 0.3) is 6.08 Å². The number of carbonyl (C=O) groups excluding carboxylic acids is 1. The molecule has 1 aromatic rings. The topological polar surface area (TPSA) is 29.1 Å². The van der Waals surface area contributed by atoms with Gasteiger partial charge in [0.15, 0.2) is 0 Å². The third-order valence-electron chi connectivity index (χ3n) is 1.73. The first kappa shape index (κ1) is 9.68. The molecule has 68 valence electrons. The zero-order valence-corrected chi connectivity index (χ0v) is 7.66. The van der Waals surface area contributed by atoms with E-state index in [4.69, 9.17) is 0 Å². The van der Waals surface area contributed by atoms with Gasteiger partial charge in [0.25, 0.3) is 0 Å². The van der Waals surface area contributed by atoms with Gasteiger partial charge in [-0.2, -0.15) is 0 Å². The molecule has 0 saturated heterocycles. The number of allylic oxidation sites excluding steroid dienone is 1. The van der Waals surface area contributed by atoms with Crippen molar-refractivity contribution in [3.05, 3.63) is 41.5 Å². The number of hydrogen-bond donors (Lipinski definition) is 1. The highest BCUT2D eigenvalue weighted by Gasteiger charge is 1.89. The molecule has 0 heterocycles. The molecule has 0 aromatic heterocycles. The first-order valence-electron chi connectivity index (χ1n) is 4.22. The zero-order chi connectivity index (χ0) is 9.52. The lowest BCUT2D eigenvalue weighted by Crippen LogP contribution is -2.04. The molecule has 0 aliphatic rings. The van der Waals surface area contributed by atoms with Crippen LogP contribution in [0, 0.1) is 0 Å². The van der Waals surface area contributed by atoms with Crippen LogP contribution in [0.4, 0.5) is 0 Å². The van der Waals surface area contributed by atoms with Gasteiger partial charge in [-0.3, -0.25) is 4.79 Å². The summed E-state index contributed by atoms with van der Waals surface area (Å²) in [5.41, 5.74) is 2.29. The number of aldehydes is 1. The molecule has 1 N–H and O–H groups in total. The average molecular weight is 175 g/mol. The quantitative estimate of drug-likeness (QED) is 0.556. The predicted octanol–water partition coefficient (Wildman–Crippen LogP) is 1.62. The van der Waals surface area contributed by atoms with Gasteiger partial charge in [-0.25, -0.2) is 0 Å². The van der Waals surface area contributed by atoms with Crippen molar-refractivity contribution < 1.29 is 4.79 Å². The van der Waals surface area contributed by atoms with Crippen LogP contribution >= 0.6 is 0 Å². The molecular weight excluding hydrogens is 162 g/mol. The third kappa shape index (κ3) is 3.22. The molecule has 0 aliphatic heterocycles. The van der Waals surface area contributed by atoms with Crippen LogP contribution in [0.3, 0.4) is 0 Å². The molecule has 2 heteroatoms. The van der Waals surface area contributed by atoms with Gasteiger partial charge in [0, 0.05) is 6.54 Å². The van der Waals surface area contributed by atoms with Crippen molar-refractivity contribution in [2.24, 2.45) is 0 Å². The Morgan fingerprint density at radius 2 is 2.00 bits per heavy atom. The molecule has 0 spiro atoms. The second-order valence-electron chi connectivity index (χ2n) is 2.77. The lowest BCUT2D eigenvalue weighted by Gasteiger charge is -1.99. The smallest absolute Gasteiger partial charge is 0.142 e. The fourth-order valence-electron chi connectivity index (χ4n) is 1.10. The van der Waals surface area contributed by atoms with Crippen molar-refractivity contribution in [1.82, 2.24) is 5.32 Å². The summed E-state index contributed by atoms with van der Waals surface area (Å²) in [6.45, 7) is 0.873. The number of nitrogens with one attached hydrogen (secondary N) is 1. The number of hydrogen-bond acceptors (Lipinski definition) is 2. The summed E-state index contributed by atoms with van der Waals surface area (Å²) in [4.78, 5) is 10.1. The Morgan fingerprint density at radius 1 is 1.31 bits per heavy atom. The highest BCUT2D eigenvalue weighted by molar-refractivity contribution is 5.73. The highest BCUT2D eigenvalue weighted by atomic mass is 16.1. The van der Waals surface area contributed by atoms with Gasteiger partial charge in [-0.1, -0.05) is 30.3 Å². The van der Waals surface area contributed by atoms with Crippen LogP contribution in [0.2, 0.25) is 0 Å². The van der Waals surface area contributed by atoms with Gasteiger partial charge < -0.3 is 5.32 Å². The van der Waals surface area contributed by atoms with Gasteiger partial charge in [-0.15, -0.1) is 0 Å². The van der Waals surface area contributed by atoms with E-state index in [0.29, 0.717) is 0 Å². The van der Waals surface area contributed by atoms with E-state index in [-0.39, 0.29) is 0 Å². The molecule has 1 aromatic carbocycles. The van der Waals surface area contributed by atoms with Crippen LogP contribution in [0.1, 0.15) is 11.1 Å². The number of rotatable bonds is 4. The summed E-state index contributed by atoms with van der Waals surface area (Å²) in [6, 6.07) is 8.07. The molecule has 1 rings (SSSR count). The lowest BCUT2D eigenvalue weighted by molar-refractivity contribution is -0.104. The van der Waals surface area contributed by atoms with E-state index in [9.17, 15) is 4.79 Å². The van der Waals surface area contributed by atoms with Crippen molar-refractivity contribution in [1.29, 1.82) is 0 Å². The van der Waals surface area contributed by atoms with E-state index >= 15 is 0 Å². The molecule has 0 saturated carbocycles. The molecule has 0 unspecified atom stereocenters. The summed E-state index contributed by atoms with van der Waals surface area (Å²) in [7, 11) is 1.92. The Balaban J connectivity index is 2.69. The highest BCUT2D eigenvalue weighted by Crippen LogP contribution is 2.05. The maximum absolute atomic E-state index is 10.1. The molecular formula is C11H13NO. The first-order chi connectivity index (χ1) is 6.36. The maximum atomic E-state index is 10.1. The first-order valence-corrected chi connectivity index (χ1v) is 4.22. The maximum Gasteiger partial charge on any atom is 0.142 e. The van der Waals surface area contributed by atoms with Crippen LogP contribution in [-0.4, -0.2) is 13.3 Å². The van der Waals surface area contributed by atoms with E-state index < -0.39 is 0 Å².